The van der Waals surface area contributed by atoms with Crippen molar-refractivity contribution in [1.82, 2.24) is 34.7 Å². The van der Waals surface area contributed by atoms with Crippen LogP contribution in [0.15, 0.2) is 24.2 Å². The quantitative estimate of drug-likeness (QED) is 0.772. The van der Waals surface area contributed by atoms with Crippen LogP contribution in [0.3, 0.4) is 0 Å². The van der Waals surface area contributed by atoms with Gasteiger partial charge in [0, 0.05) is 11.6 Å². The Kier molecular flexibility index (Phi) is 3.29. The molecule has 3 heterocycles. The van der Waals surface area contributed by atoms with Gasteiger partial charge in [-0.05, 0) is 11.6 Å². The second-order valence-electron chi connectivity index (χ2n) is 3.35. The number of aromatic nitrogens is 7. The molecule has 0 bridgehead atoms. The highest BCUT2D eigenvalue weighted by molar-refractivity contribution is 7.09. The summed E-state index contributed by atoms with van der Waals surface area (Å²) >= 11 is 7.39. The monoisotopic (exact) mass is 294 g/mol. The highest BCUT2D eigenvalue weighted by Gasteiger charge is 2.07. The Labute approximate surface area is 116 Å². The minimum absolute atomic E-state index is 0.0853. The standard InChI is InChI=1S/C9H7ClN8S/c10-7-15-8(13-3-6-12-1-2-19-6)17-9(16-7)18-5-11-4-14-18/h1-2,4-5H,3H2,(H,13,15,16,17). The maximum atomic E-state index is 5.85. The molecule has 3 rings (SSSR count). The Morgan fingerprint density at radius 3 is 3.00 bits per heavy atom. The Balaban J connectivity index is 1.82. The van der Waals surface area contributed by atoms with Crippen molar-refractivity contribution in [1.29, 1.82) is 0 Å². The summed E-state index contributed by atoms with van der Waals surface area (Å²) in [7, 11) is 0. The van der Waals surface area contributed by atoms with E-state index in [0.717, 1.165) is 5.01 Å². The van der Waals surface area contributed by atoms with Crippen LogP contribution in [-0.2, 0) is 6.54 Å². The first-order valence-electron chi connectivity index (χ1n) is 5.20. The van der Waals surface area contributed by atoms with Crippen molar-refractivity contribution in [3.63, 3.8) is 0 Å². The molecule has 0 unspecified atom stereocenters. The Morgan fingerprint density at radius 1 is 1.32 bits per heavy atom. The molecular weight excluding hydrogens is 288 g/mol. The molecule has 10 heteroatoms. The highest BCUT2D eigenvalue weighted by atomic mass is 35.5. The van der Waals surface area contributed by atoms with E-state index in [-0.39, 0.29) is 5.28 Å². The smallest absolute Gasteiger partial charge is 0.258 e. The van der Waals surface area contributed by atoms with E-state index in [0.29, 0.717) is 18.4 Å². The van der Waals surface area contributed by atoms with E-state index in [4.69, 9.17) is 11.6 Å². The van der Waals surface area contributed by atoms with Crippen molar-refractivity contribution in [2.75, 3.05) is 5.32 Å². The van der Waals surface area contributed by atoms with Crippen LogP contribution in [0.4, 0.5) is 5.95 Å². The third-order valence-corrected chi connectivity index (χ3v) is 3.05. The average molecular weight is 295 g/mol. The largest absolute Gasteiger partial charge is 0.348 e. The van der Waals surface area contributed by atoms with Gasteiger partial charge >= 0.3 is 0 Å². The lowest BCUT2D eigenvalue weighted by Gasteiger charge is -2.04. The van der Waals surface area contributed by atoms with Gasteiger partial charge in [-0.1, -0.05) is 0 Å². The summed E-state index contributed by atoms with van der Waals surface area (Å²) in [5.74, 6) is 0.667. The van der Waals surface area contributed by atoms with Crippen LogP contribution >= 0.6 is 22.9 Å². The number of halogens is 1. The summed E-state index contributed by atoms with van der Waals surface area (Å²) in [6.07, 6.45) is 4.61. The highest BCUT2D eigenvalue weighted by Crippen LogP contribution is 2.11. The number of thiazole rings is 1. The molecule has 0 radical (unpaired) electrons. The maximum absolute atomic E-state index is 5.85. The van der Waals surface area contributed by atoms with Crippen LogP contribution in [0.25, 0.3) is 5.95 Å². The lowest BCUT2D eigenvalue weighted by Crippen LogP contribution is -2.09. The summed E-state index contributed by atoms with van der Waals surface area (Å²) in [4.78, 5) is 20.1. The summed E-state index contributed by atoms with van der Waals surface area (Å²) in [5.41, 5.74) is 0. The van der Waals surface area contributed by atoms with Gasteiger partial charge in [0.05, 0.1) is 6.54 Å². The van der Waals surface area contributed by atoms with Gasteiger partial charge in [-0.2, -0.15) is 24.7 Å². The molecule has 0 saturated carbocycles. The van der Waals surface area contributed by atoms with Gasteiger partial charge in [-0.15, -0.1) is 11.3 Å². The van der Waals surface area contributed by atoms with E-state index < -0.39 is 0 Å². The van der Waals surface area contributed by atoms with Gasteiger partial charge in [0.25, 0.3) is 5.95 Å². The first-order chi connectivity index (χ1) is 9.31. The van der Waals surface area contributed by atoms with Crippen LogP contribution < -0.4 is 5.32 Å². The maximum Gasteiger partial charge on any atom is 0.258 e. The number of hydrogen-bond donors (Lipinski definition) is 1. The molecule has 19 heavy (non-hydrogen) atoms. The molecule has 8 nitrogen and oxygen atoms in total. The number of hydrogen-bond acceptors (Lipinski definition) is 8. The molecule has 0 saturated heterocycles. The fourth-order valence-corrected chi connectivity index (χ4v) is 2.04. The Bertz CT molecular complexity index is 653. The van der Waals surface area contributed by atoms with E-state index >= 15 is 0 Å². The minimum Gasteiger partial charge on any atom is -0.348 e. The summed E-state index contributed by atoms with van der Waals surface area (Å²) in [6, 6.07) is 0. The van der Waals surface area contributed by atoms with Gasteiger partial charge in [0.1, 0.15) is 17.7 Å². The van der Waals surface area contributed by atoms with E-state index in [1.54, 1.807) is 17.5 Å². The summed E-state index contributed by atoms with van der Waals surface area (Å²) in [6.45, 7) is 0.523. The van der Waals surface area contributed by atoms with Crippen molar-refractivity contribution < 1.29 is 0 Å². The second kappa shape index (κ2) is 5.24. The first-order valence-corrected chi connectivity index (χ1v) is 6.46. The zero-order valence-corrected chi connectivity index (χ0v) is 11.0. The van der Waals surface area contributed by atoms with Crippen molar-refractivity contribution >= 4 is 28.9 Å². The molecule has 0 aliphatic carbocycles. The zero-order valence-electron chi connectivity index (χ0n) is 9.43. The molecule has 3 aromatic heterocycles. The van der Waals surface area contributed by atoms with E-state index in [1.165, 1.54) is 17.3 Å². The van der Waals surface area contributed by atoms with Crippen LogP contribution in [0.1, 0.15) is 5.01 Å². The van der Waals surface area contributed by atoms with Crippen molar-refractivity contribution in [2.24, 2.45) is 0 Å². The SMILES string of the molecule is Clc1nc(NCc2nccs2)nc(-n2cncn2)n1. The van der Waals surface area contributed by atoms with Crippen LogP contribution in [0.5, 0.6) is 0 Å². The third-order valence-electron chi connectivity index (χ3n) is 2.10. The van der Waals surface area contributed by atoms with Gasteiger partial charge in [-0.3, -0.25) is 0 Å². The first kappa shape index (κ1) is 11.9. The Morgan fingerprint density at radius 2 is 2.26 bits per heavy atom. The van der Waals surface area contributed by atoms with Crippen molar-refractivity contribution in [2.45, 2.75) is 6.54 Å². The second-order valence-corrected chi connectivity index (χ2v) is 4.66. The van der Waals surface area contributed by atoms with Gasteiger partial charge < -0.3 is 5.32 Å². The molecular formula is C9H7ClN8S. The third kappa shape index (κ3) is 2.83. The number of rotatable bonds is 4. The summed E-state index contributed by atoms with van der Waals surface area (Å²) < 4.78 is 1.40. The molecule has 0 atom stereocenters. The predicted molar refractivity (Wildman–Crippen MR) is 69.2 cm³/mol. The van der Waals surface area contributed by atoms with E-state index in [9.17, 15) is 0 Å². The molecule has 1 N–H and O–H groups in total. The number of nitrogens with zero attached hydrogens (tertiary/aromatic N) is 7. The minimum atomic E-state index is 0.0853. The molecule has 96 valence electrons. The van der Waals surface area contributed by atoms with Crippen LogP contribution in [0, 0.1) is 0 Å². The van der Waals surface area contributed by atoms with Crippen molar-refractivity contribution in [3.05, 3.63) is 34.5 Å². The average Bonchev–Trinajstić information content (AvgIpc) is 3.09. The fraction of sp³-hybridized carbons (Fsp3) is 0.111. The molecule has 0 aliphatic heterocycles. The van der Waals surface area contributed by atoms with E-state index in [1.807, 2.05) is 5.38 Å². The molecule has 0 fully saturated rings. The molecule has 3 aromatic rings. The Hall–Kier alpha value is -2.13. The van der Waals surface area contributed by atoms with Crippen LogP contribution in [0.2, 0.25) is 5.28 Å². The lowest BCUT2D eigenvalue weighted by molar-refractivity contribution is 0.793. The molecule has 0 aliphatic rings. The van der Waals surface area contributed by atoms with Gasteiger partial charge in [-0.25, -0.2) is 9.97 Å². The summed E-state index contributed by atoms with van der Waals surface area (Å²) in [5, 5.41) is 9.88. The van der Waals surface area contributed by atoms with Crippen molar-refractivity contribution in [3.8, 4) is 5.95 Å². The predicted octanol–water partition coefficient (Wildman–Crippen LogP) is 1.17. The van der Waals surface area contributed by atoms with E-state index in [2.05, 4.69) is 35.3 Å². The zero-order chi connectivity index (χ0) is 13.1. The number of anilines is 1. The molecule has 0 spiro atoms. The molecule has 0 aromatic carbocycles. The topological polar surface area (TPSA) is 94.3 Å². The molecule has 0 amide bonds. The van der Waals surface area contributed by atoms with Gasteiger partial charge in [0.2, 0.25) is 11.2 Å². The normalized spacial score (nSPS) is 10.6. The van der Waals surface area contributed by atoms with Gasteiger partial charge in [0.15, 0.2) is 0 Å². The fourth-order valence-electron chi connectivity index (χ4n) is 1.33. The number of nitrogens with one attached hydrogen (secondary N) is 1. The lowest BCUT2D eigenvalue weighted by atomic mass is 10.6. The van der Waals surface area contributed by atoms with Crippen LogP contribution in [-0.4, -0.2) is 34.7 Å².